The van der Waals surface area contributed by atoms with Crippen molar-refractivity contribution in [2.75, 3.05) is 37.1 Å². The average molecular weight is 789 g/mol. The first-order valence-electron chi connectivity index (χ1n) is 23.5. The molecule has 0 radical (unpaired) electrons. The van der Waals surface area contributed by atoms with Crippen molar-refractivity contribution in [1.82, 2.24) is 0 Å². The highest BCUT2D eigenvalue weighted by atomic mass is 32.1. The summed E-state index contributed by atoms with van der Waals surface area (Å²) in [7, 11) is -0.478. The summed E-state index contributed by atoms with van der Waals surface area (Å²) in [6, 6.07) is 0. The SMILES string of the molecule is SCCCCCCCCCCCCCCCOB(OCCCCCCCCCCCCCCCS)OCCCCCCCCCCCCCCCS. The van der Waals surface area contributed by atoms with Gasteiger partial charge in [0.1, 0.15) is 0 Å². The normalized spacial score (nSPS) is 11.6. The van der Waals surface area contributed by atoms with E-state index in [0.29, 0.717) is 0 Å². The molecule has 0 atom stereocenters. The fourth-order valence-corrected chi connectivity index (χ4v) is 7.83. The largest absolute Gasteiger partial charge is 0.639 e. The number of hydrogen-bond donors (Lipinski definition) is 3. The molecule has 0 saturated heterocycles. The van der Waals surface area contributed by atoms with Gasteiger partial charge in [0.2, 0.25) is 0 Å². The lowest BCUT2D eigenvalue weighted by Gasteiger charge is -2.15. The van der Waals surface area contributed by atoms with Gasteiger partial charge in [0.05, 0.1) is 0 Å². The molecule has 0 spiro atoms. The van der Waals surface area contributed by atoms with Crippen molar-refractivity contribution in [3.63, 3.8) is 0 Å². The van der Waals surface area contributed by atoms with E-state index in [2.05, 4.69) is 37.9 Å². The average Bonchev–Trinajstić information content (AvgIpc) is 3.15. The third-order valence-electron chi connectivity index (χ3n) is 10.7. The molecule has 7 heteroatoms. The van der Waals surface area contributed by atoms with Gasteiger partial charge in [-0.3, -0.25) is 0 Å². The van der Waals surface area contributed by atoms with Gasteiger partial charge in [-0.15, -0.1) is 0 Å². The van der Waals surface area contributed by atoms with E-state index in [4.69, 9.17) is 14.0 Å². The predicted octanol–water partition coefficient (Wildman–Crippen LogP) is 16.0. The van der Waals surface area contributed by atoms with Gasteiger partial charge in [-0.25, -0.2) is 0 Å². The molecule has 0 N–H and O–H groups in total. The van der Waals surface area contributed by atoms with E-state index < -0.39 is 7.32 Å². The summed E-state index contributed by atoms with van der Waals surface area (Å²) in [6.07, 6.45) is 52.8. The molecule has 0 aliphatic rings. The summed E-state index contributed by atoms with van der Waals surface area (Å²) in [4.78, 5) is 0. The third-order valence-corrected chi connectivity index (χ3v) is 11.6. The van der Waals surface area contributed by atoms with Crippen molar-refractivity contribution in [2.24, 2.45) is 0 Å². The Kier molecular flexibility index (Phi) is 51.0. The molecule has 0 unspecified atom stereocenters. The second-order valence-corrected chi connectivity index (χ2v) is 17.2. The van der Waals surface area contributed by atoms with Crippen LogP contribution in [0.1, 0.15) is 250 Å². The van der Waals surface area contributed by atoms with Gasteiger partial charge in [-0.05, 0) is 55.8 Å². The molecule has 0 aromatic rings. The van der Waals surface area contributed by atoms with E-state index in [-0.39, 0.29) is 0 Å². The van der Waals surface area contributed by atoms with E-state index in [1.54, 1.807) is 0 Å². The molecule has 312 valence electrons. The molecule has 0 amide bonds. The fourth-order valence-electron chi connectivity index (χ4n) is 7.16. The number of unbranched alkanes of at least 4 members (excludes halogenated alkanes) is 36. The zero-order valence-corrected chi connectivity index (χ0v) is 37.6. The molecule has 3 nitrogen and oxygen atoms in total. The molecule has 0 saturated carbocycles. The van der Waals surface area contributed by atoms with Crippen LogP contribution >= 0.6 is 37.9 Å². The maximum atomic E-state index is 6.13. The van der Waals surface area contributed by atoms with Crippen LogP contribution in [-0.4, -0.2) is 44.4 Å². The highest BCUT2D eigenvalue weighted by Crippen LogP contribution is 2.16. The van der Waals surface area contributed by atoms with Gasteiger partial charge in [-0.2, -0.15) is 37.9 Å². The third kappa shape index (κ3) is 47.1. The van der Waals surface area contributed by atoms with Gasteiger partial charge in [-0.1, -0.05) is 212 Å². The second-order valence-electron chi connectivity index (χ2n) is 15.9. The summed E-state index contributed by atoms with van der Waals surface area (Å²) in [5, 5.41) is 0. The number of thiol groups is 3. The first kappa shape index (κ1) is 53.0. The van der Waals surface area contributed by atoms with E-state index in [0.717, 1.165) is 56.3 Å². The lowest BCUT2D eigenvalue weighted by molar-refractivity contribution is 0.0885. The molecule has 0 aliphatic heterocycles. The summed E-state index contributed by atoms with van der Waals surface area (Å²) in [5.74, 6) is 3.14. The van der Waals surface area contributed by atoms with Crippen molar-refractivity contribution in [3.05, 3.63) is 0 Å². The Morgan fingerprint density at radius 1 is 0.192 bits per heavy atom. The van der Waals surface area contributed by atoms with Crippen molar-refractivity contribution >= 4 is 45.2 Å². The molecule has 0 heterocycles. The van der Waals surface area contributed by atoms with Crippen LogP contribution < -0.4 is 0 Å². The lowest BCUT2D eigenvalue weighted by Crippen LogP contribution is -2.28. The predicted molar refractivity (Wildman–Crippen MR) is 245 cm³/mol. The van der Waals surface area contributed by atoms with Crippen LogP contribution in [0.3, 0.4) is 0 Å². The highest BCUT2D eigenvalue weighted by molar-refractivity contribution is 7.80. The summed E-state index contributed by atoms with van der Waals surface area (Å²) >= 11 is 12.9. The van der Waals surface area contributed by atoms with Crippen molar-refractivity contribution in [2.45, 2.75) is 250 Å². The van der Waals surface area contributed by atoms with Gasteiger partial charge in [0.25, 0.3) is 0 Å². The van der Waals surface area contributed by atoms with E-state index in [1.807, 2.05) is 0 Å². The van der Waals surface area contributed by atoms with Crippen LogP contribution in [0.25, 0.3) is 0 Å². The zero-order chi connectivity index (χ0) is 37.5. The van der Waals surface area contributed by atoms with Crippen LogP contribution in [0.2, 0.25) is 0 Å². The minimum Gasteiger partial charge on any atom is -0.386 e. The van der Waals surface area contributed by atoms with E-state index in [1.165, 1.54) is 231 Å². The molecule has 0 rings (SSSR count). The summed E-state index contributed by atoms with van der Waals surface area (Å²) in [6.45, 7) is 2.26. The second kappa shape index (κ2) is 50.0. The van der Waals surface area contributed by atoms with Gasteiger partial charge >= 0.3 is 7.32 Å². The number of hydrogen-bond acceptors (Lipinski definition) is 6. The van der Waals surface area contributed by atoms with E-state index >= 15 is 0 Å². The summed E-state index contributed by atoms with van der Waals surface area (Å²) < 4.78 is 18.4. The summed E-state index contributed by atoms with van der Waals surface area (Å²) in [5.41, 5.74) is 0. The fraction of sp³-hybridized carbons (Fsp3) is 1.00. The molecule has 0 bridgehead atoms. The van der Waals surface area contributed by atoms with Gasteiger partial charge in [0, 0.05) is 19.8 Å². The van der Waals surface area contributed by atoms with Crippen LogP contribution in [0.4, 0.5) is 0 Å². The smallest absolute Gasteiger partial charge is 0.386 e. The first-order chi connectivity index (χ1) is 25.8. The molecule has 52 heavy (non-hydrogen) atoms. The van der Waals surface area contributed by atoms with Crippen LogP contribution in [-0.2, 0) is 14.0 Å². The lowest BCUT2D eigenvalue weighted by atomic mass is 10.0. The van der Waals surface area contributed by atoms with Gasteiger partial charge in [0.15, 0.2) is 0 Å². The Labute approximate surface area is 345 Å². The maximum absolute atomic E-state index is 6.13. The Bertz CT molecular complexity index is 538. The maximum Gasteiger partial charge on any atom is 0.639 e. The number of rotatable bonds is 48. The minimum absolute atomic E-state index is 0.478. The Balaban J connectivity index is 3.94. The van der Waals surface area contributed by atoms with Crippen LogP contribution in [0.5, 0.6) is 0 Å². The van der Waals surface area contributed by atoms with Crippen molar-refractivity contribution in [1.29, 1.82) is 0 Å². The molecule has 0 fully saturated rings. The van der Waals surface area contributed by atoms with E-state index in [9.17, 15) is 0 Å². The minimum atomic E-state index is -0.478. The van der Waals surface area contributed by atoms with Crippen LogP contribution in [0, 0.1) is 0 Å². The molecular weight excluding hydrogens is 696 g/mol. The van der Waals surface area contributed by atoms with Crippen molar-refractivity contribution < 1.29 is 14.0 Å². The Morgan fingerprint density at radius 3 is 0.481 bits per heavy atom. The first-order valence-corrected chi connectivity index (χ1v) is 25.4. The Morgan fingerprint density at radius 2 is 0.327 bits per heavy atom. The zero-order valence-electron chi connectivity index (χ0n) is 35.0. The Hall–Kier alpha value is 0.995. The monoisotopic (exact) mass is 789 g/mol. The van der Waals surface area contributed by atoms with Crippen molar-refractivity contribution in [3.8, 4) is 0 Å². The van der Waals surface area contributed by atoms with Crippen LogP contribution in [0.15, 0.2) is 0 Å². The molecule has 0 aromatic heterocycles. The molecular formula is C45H93BO3S3. The van der Waals surface area contributed by atoms with Gasteiger partial charge < -0.3 is 14.0 Å². The topological polar surface area (TPSA) is 27.7 Å². The molecule has 0 aliphatic carbocycles. The standard InChI is InChI=1S/C45H93BO3S3/c50-43-37-31-25-19-13-7-1-4-10-16-22-28-34-40-47-46(48-41-35-29-23-17-11-5-2-8-14-20-26-32-38-44-51)49-42-36-30-24-18-12-6-3-9-15-21-27-33-39-45-52/h50-52H,1-45H2. The molecule has 0 aromatic carbocycles. The highest BCUT2D eigenvalue weighted by Gasteiger charge is 2.20. The quantitative estimate of drug-likeness (QED) is 0.0326.